The average molecular weight is 286 g/mol. The Morgan fingerprint density at radius 1 is 1.32 bits per heavy atom. The number of rotatable bonds is 5. The smallest absolute Gasteiger partial charge is 0.229 e. The predicted octanol–water partition coefficient (Wildman–Crippen LogP) is 1.94. The average Bonchev–Trinajstić information content (AvgIpc) is 2.19. The molecule has 1 unspecified atom stereocenters. The van der Waals surface area contributed by atoms with Crippen LogP contribution in [0.1, 0.15) is 26.3 Å². The molecule has 0 fully saturated rings. The predicted molar refractivity (Wildman–Crippen MR) is 79.0 cm³/mol. The first-order valence-corrected chi connectivity index (χ1v) is 7.95. The van der Waals surface area contributed by atoms with Crippen molar-refractivity contribution in [3.63, 3.8) is 0 Å². The maximum absolute atomic E-state index is 11.2. The molecular formula is C13H22N2O3S. The van der Waals surface area contributed by atoms with Crippen LogP contribution in [-0.2, 0) is 10.0 Å². The number of hydrogen-bond acceptors (Lipinski definition) is 4. The number of sulfonamides is 1. The monoisotopic (exact) mass is 286 g/mol. The van der Waals surface area contributed by atoms with Crippen LogP contribution >= 0.6 is 0 Å². The lowest BCUT2D eigenvalue weighted by molar-refractivity contribution is 0.0649. The van der Waals surface area contributed by atoms with Gasteiger partial charge in [0.1, 0.15) is 0 Å². The summed E-state index contributed by atoms with van der Waals surface area (Å²) in [4.78, 5) is 0. The molecule has 0 bridgehead atoms. The van der Waals surface area contributed by atoms with Gasteiger partial charge in [-0.3, -0.25) is 4.72 Å². The van der Waals surface area contributed by atoms with Crippen LogP contribution in [0.2, 0.25) is 0 Å². The van der Waals surface area contributed by atoms with Crippen LogP contribution < -0.4 is 10.0 Å². The fraction of sp³-hybridized carbons (Fsp3) is 0.538. The number of benzene rings is 1. The van der Waals surface area contributed by atoms with E-state index in [-0.39, 0.29) is 6.04 Å². The Hall–Kier alpha value is -1.27. The summed E-state index contributed by atoms with van der Waals surface area (Å²) >= 11 is 0. The molecule has 0 aromatic heterocycles. The summed E-state index contributed by atoms with van der Waals surface area (Å²) in [7, 11) is -3.27. The van der Waals surface area contributed by atoms with Gasteiger partial charge in [-0.25, -0.2) is 8.42 Å². The molecule has 1 aromatic carbocycles. The molecule has 0 saturated heterocycles. The van der Waals surface area contributed by atoms with Crippen molar-refractivity contribution in [3.05, 3.63) is 23.8 Å². The summed E-state index contributed by atoms with van der Waals surface area (Å²) in [6.45, 7) is 7.18. The number of aliphatic hydroxyl groups is 1. The van der Waals surface area contributed by atoms with Crippen molar-refractivity contribution in [2.75, 3.05) is 16.3 Å². The highest BCUT2D eigenvalue weighted by Gasteiger charge is 2.22. The van der Waals surface area contributed by atoms with Crippen molar-refractivity contribution in [1.82, 2.24) is 0 Å². The number of aryl methyl sites for hydroxylation is 1. The Labute approximate surface area is 115 Å². The first-order valence-electron chi connectivity index (χ1n) is 6.06. The van der Waals surface area contributed by atoms with E-state index in [1.165, 1.54) is 0 Å². The Morgan fingerprint density at radius 3 is 2.32 bits per heavy atom. The molecule has 1 atom stereocenters. The van der Waals surface area contributed by atoms with Gasteiger partial charge in [-0.1, -0.05) is 0 Å². The minimum absolute atomic E-state index is 0.124. The number of anilines is 2. The van der Waals surface area contributed by atoms with Crippen LogP contribution in [0.3, 0.4) is 0 Å². The zero-order valence-electron chi connectivity index (χ0n) is 12.0. The van der Waals surface area contributed by atoms with Crippen molar-refractivity contribution in [2.24, 2.45) is 0 Å². The third-order valence-electron chi connectivity index (χ3n) is 2.96. The summed E-state index contributed by atoms with van der Waals surface area (Å²) in [6.07, 6.45) is 1.12. The first-order chi connectivity index (χ1) is 8.49. The number of hydrogen-bond donors (Lipinski definition) is 3. The molecule has 0 radical (unpaired) electrons. The largest absolute Gasteiger partial charge is 0.388 e. The zero-order chi connectivity index (χ0) is 14.8. The number of nitrogens with one attached hydrogen (secondary N) is 2. The van der Waals surface area contributed by atoms with Gasteiger partial charge in [0, 0.05) is 5.69 Å². The minimum atomic E-state index is -3.27. The van der Waals surface area contributed by atoms with Gasteiger partial charge in [-0.2, -0.15) is 0 Å². The maximum Gasteiger partial charge on any atom is 0.229 e. The van der Waals surface area contributed by atoms with Crippen molar-refractivity contribution >= 4 is 21.4 Å². The highest BCUT2D eigenvalue weighted by atomic mass is 32.2. The minimum Gasteiger partial charge on any atom is -0.388 e. The van der Waals surface area contributed by atoms with E-state index in [9.17, 15) is 13.5 Å². The molecular weight excluding hydrogens is 264 g/mol. The summed E-state index contributed by atoms with van der Waals surface area (Å²) in [5.74, 6) is 0. The third-order valence-corrected chi connectivity index (χ3v) is 3.56. The second-order valence-electron chi connectivity index (χ2n) is 5.42. The Balaban J connectivity index is 2.89. The van der Waals surface area contributed by atoms with E-state index in [4.69, 9.17) is 0 Å². The highest BCUT2D eigenvalue weighted by Crippen LogP contribution is 2.22. The summed E-state index contributed by atoms with van der Waals surface area (Å²) in [6, 6.07) is 5.20. The van der Waals surface area contributed by atoms with Gasteiger partial charge in [0.05, 0.1) is 23.6 Å². The van der Waals surface area contributed by atoms with E-state index in [1.807, 2.05) is 19.9 Å². The van der Waals surface area contributed by atoms with E-state index < -0.39 is 15.6 Å². The normalized spacial score (nSPS) is 14.0. The van der Waals surface area contributed by atoms with Crippen molar-refractivity contribution in [1.29, 1.82) is 0 Å². The summed E-state index contributed by atoms with van der Waals surface area (Å²) in [5.41, 5.74) is 1.38. The lowest BCUT2D eigenvalue weighted by atomic mass is 10.0. The Kier molecular flexibility index (Phi) is 4.47. The lowest BCUT2D eigenvalue weighted by Crippen LogP contribution is -2.39. The molecule has 19 heavy (non-hydrogen) atoms. The van der Waals surface area contributed by atoms with E-state index in [2.05, 4.69) is 10.0 Å². The lowest BCUT2D eigenvalue weighted by Gasteiger charge is -2.28. The molecule has 1 rings (SSSR count). The molecule has 6 heteroatoms. The topological polar surface area (TPSA) is 78.4 Å². The Bertz CT molecular complexity index is 547. The van der Waals surface area contributed by atoms with Crippen LogP contribution in [0.4, 0.5) is 11.4 Å². The molecule has 0 spiro atoms. The van der Waals surface area contributed by atoms with Crippen LogP contribution in [0, 0.1) is 6.92 Å². The molecule has 0 aliphatic rings. The van der Waals surface area contributed by atoms with E-state index >= 15 is 0 Å². The molecule has 0 aliphatic heterocycles. The van der Waals surface area contributed by atoms with Crippen LogP contribution in [0.5, 0.6) is 0 Å². The first kappa shape index (κ1) is 15.8. The van der Waals surface area contributed by atoms with Gasteiger partial charge >= 0.3 is 0 Å². The van der Waals surface area contributed by atoms with Gasteiger partial charge in [-0.05, 0) is 51.5 Å². The van der Waals surface area contributed by atoms with E-state index in [0.717, 1.165) is 17.5 Å². The molecule has 0 heterocycles. The van der Waals surface area contributed by atoms with Gasteiger partial charge < -0.3 is 10.4 Å². The van der Waals surface area contributed by atoms with Gasteiger partial charge in [0.15, 0.2) is 0 Å². The van der Waals surface area contributed by atoms with Crippen molar-refractivity contribution in [3.8, 4) is 0 Å². The van der Waals surface area contributed by atoms with Crippen LogP contribution in [-0.4, -0.2) is 31.4 Å². The maximum atomic E-state index is 11.2. The standard InChI is InChI=1S/C13H22N2O3S/c1-9-8-11(14-10(2)13(3,4)16)6-7-12(9)15-19(5,17)18/h6-8,10,14-16H,1-5H3. The van der Waals surface area contributed by atoms with E-state index in [0.29, 0.717) is 5.69 Å². The second-order valence-corrected chi connectivity index (χ2v) is 7.17. The molecule has 108 valence electrons. The third kappa shape index (κ3) is 5.08. The molecule has 0 saturated carbocycles. The van der Waals surface area contributed by atoms with Gasteiger partial charge in [-0.15, -0.1) is 0 Å². The fourth-order valence-electron chi connectivity index (χ4n) is 1.49. The fourth-order valence-corrected chi connectivity index (χ4v) is 2.12. The SMILES string of the molecule is Cc1cc(NC(C)C(C)(C)O)ccc1NS(C)(=O)=O. The quantitative estimate of drug-likeness (QED) is 0.773. The van der Waals surface area contributed by atoms with Crippen molar-refractivity contribution in [2.45, 2.75) is 39.3 Å². The highest BCUT2D eigenvalue weighted by molar-refractivity contribution is 7.92. The summed E-state index contributed by atoms with van der Waals surface area (Å²) < 4.78 is 24.8. The summed E-state index contributed by atoms with van der Waals surface area (Å²) in [5, 5.41) is 13.1. The molecule has 1 aromatic rings. The van der Waals surface area contributed by atoms with Gasteiger partial charge in [0.25, 0.3) is 0 Å². The zero-order valence-corrected chi connectivity index (χ0v) is 12.8. The van der Waals surface area contributed by atoms with E-state index in [1.54, 1.807) is 26.0 Å². The molecule has 3 N–H and O–H groups in total. The van der Waals surface area contributed by atoms with Crippen LogP contribution in [0.15, 0.2) is 18.2 Å². The van der Waals surface area contributed by atoms with Crippen molar-refractivity contribution < 1.29 is 13.5 Å². The Morgan fingerprint density at radius 2 is 1.89 bits per heavy atom. The molecule has 0 amide bonds. The second kappa shape index (κ2) is 5.38. The molecule has 5 nitrogen and oxygen atoms in total. The van der Waals surface area contributed by atoms with Gasteiger partial charge in [0.2, 0.25) is 10.0 Å². The van der Waals surface area contributed by atoms with Crippen LogP contribution in [0.25, 0.3) is 0 Å². The molecule has 0 aliphatic carbocycles.